The zero-order valence-electron chi connectivity index (χ0n) is 7.30. The third kappa shape index (κ3) is 3.92. The van der Waals surface area contributed by atoms with Gasteiger partial charge in [-0.3, -0.25) is 9.35 Å². The van der Waals surface area contributed by atoms with Crippen LogP contribution in [0.2, 0.25) is 0 Å². The van der Waals surface area contributed by atoms with Crippen molar-refractivity contribution in [3.63, 3.8) is 0 Å². The van der Waals surface area contributed by atoms with Crippen LogP contribution >= 0.6 is 0 Å². The topological polar surface area (TPSA) is 80.7 Å². The molecule has 0 aliphatic heterocycles. The summed E-state index contributed by atoms with van der Waals surface area (Å²) in [5.74, 6) is 0.227. The van der Waals surface area contributed by atoms with E-state index < -0.39 is 10.1 Å². The van der Waals surface area contributed by atoms with Crippen molar-refractivity contribution in [1.82, 2.24) is 0 Å². The van der Waals surface area contributed by atoms with E-state index >= 15 is 0 Å². The summed E-state index contributed by atoms with van der Waals surface area (Å²) in [6, 6.07) is 3.80. The molecule has 0 aliphatic carbocycles. The van der Waals surface area contributed by atoms with E-state index in [0.717, 1.165) is 0 Å². The monoisotopic (exact) mass is 240 g/mol. The molecule has 0 aromatic heterocycles. The molecule has 0 aliphatic rings. The molecule has 1 aromatic rings. The van der Waals surface area contributed by atoms with Crippen molar-refractivity contribution in [1.29, 1.82) is 0 Å². The van der Waals surface area contributed by atoms with Gasteiger partial charge >= 0.3 is 29.6 Å². The molecule has 5 nitrogen and oxygen atoms in total. The third-order valence-electron chi connectivity index (χ3n) is 1.61. The molecule has 0 saturated heterocycles. The minimum atomic E-state index is -4.21. The number of carbonyl (C=O) groups is 1. The zero-order valence-corrected chi connectivity index (χ0v) is 8.11. The summed E-state index contributed by atoms with van der Waals surface area (Å²) in [4.78, 5) is 9.78. The van der Waals surface area contributed by atoms with Crippen LogP contribution in [0.15, 0.2) is 23.1 Å². The van der Waals surface area contributed by atoms with Gasteiger partial charge in [0.2, 0.25) is 0 Å². The molecule has 7 heteroatoms. The molecule has 0 atom stereocenters. The standard InChI is InChI=1S/C8H8O5S.Na.H/c1-6-4-7(13-5-9)2-3-8(6)14(10,11)12;;/h2-5H,1H3,(H,10,11,12);;. The molecule has 15 heavy (non-hydrogen) atoms. The molecule has 0 amide bonds. The molecule has 0 spiro atoms. The molecule has 0 radical (unpaired) electrons. The van der Waals surface area contributed by atoms with Gasteiger partial charge in [-0.15, -0.1) is 0 Å². The van der Waals surface area contributed by atoms with E-state index in [-0.39, 0.29) is 46.7 Å². The average Bonchev–Trinajstić information content (AvgIpc) is 2.02. The number of ether oxygens (including phenoxy) is 1. The van der Waals surface area contributed by atoms with Crippen LogP contribution in [-0.4, -0.2) is 49.0 Å². The Morgan fingerprint density at radius 1 is 1.40 bits per heavy atom. The van der Waals surface area contributed by atoms with Gasteiger partial charge in [-0.1, -0.05) is 0 Å². The molecule has 0 saturated carbocycles. The van der Waals surface area contributed by atoms with Gasteiger partial charge in [0, 0.05) is 0 Å². The molecule has 1 aromatic carbocycles. The second kappa shape index (κ2) is 5.62. The number of rotatable bonds is 3. The average molecular weight is 240 g/mol. The van der Waals surface area contributed by atoms with Crippen molar-refractivity contribution < 1.29 is 22.5 Å². The first-order valence-electron chi connectivity index (χ1n) is 3.63. The molecular formula is C8H9NaO5S. The van der Waals surface area contributed by atoms with Gasteiger partial charge in [-0.05, 0) is 30.7 Å². The van der Waals surface area contributed by atoms with Gasteiger partial charge < -0.3 is 4.74 Å². The number of carbonyl (C=O) groups excluding carboxylic acids is 1. The van der Waals surface area contributed by atoms with Crippen LogP contribution in [0.25, 0.3) is 0 Å². The second-order valence-electron chi connectivity index (χ2n) is 2.62. The summed E-state index contributed by atoms with van der Waals surface area (Å²) < 4.78 is 34.8. The van der Waals surface area contributed by atoms with Crippen LogP contribution in [0.5, 0.6) is 5.75 Å². The van der Waals surface area contributed by atoms with Gasteiger partial charge in [-0.2, -0.15) is 8.42 Å². The number of benzene rings is 1. The quantitative estimate of drug-likeness (QED) is 0.461. The van der Waals surface area contributed by atoms with Crippen molar-refractivity contribution in [2.75, 3.05) is 0 Å². The fraction of sp³-hybridized carbons (Fsp3) is 0.125. The van der Waals surface area contributed by atoms with Crippen molar-refractivity contribution in [2.45, 2.75) is 11.8 Å². The van der Waals surface area contributed by atoms with E-state index in [1.54, 1.807) is 0 Å². The molecular weight excluding hydrogens is 231 g/mol. The van der Waals surface area contributed by atoms with Crippen LogP contribution < -0.4 is 4.74 Å². The SMILES string of the molecule is Cc1cc(OC=O)ccc1S(=O)(=O)O.[NaH]. The predicted octanol–water partition coefficient (Wildman–Crippen LogP) is 0.128. The molecule has 0 unspecified atom stereocenters. The van der Waals surface area contributed by atoms with Crippen molar-refractivity contribution in [2.24, 2.45) is 0 Å². The van der Waals surface area contributed by atoms with Crippen LogP contribution in [0, 0.1) is 6.92 Å². The van der Waals surface area contributed by atoms with Crippen LogP contribution in [0.4, 0.5) is 0 Å². The molecule has 0 heterocycles. The maximum atomic E-state index is 10.8. The fourth-order valence-electron chi connectivity index (χ4n) is 1.04. The first kappa shape index (κ1) is 14.6. The van der Waals surface area contributed by atoms with Crippen LogP contribution in [-0.2, 0) is 14.9 Å². The van der Waals surface area contributed by atoms with Crippen molar-refractivity contribution in [3.05, 3.63) is 23.8 Å². The van der Waals surface area contributed by atoms with E-state index in [1.807, 2.05) is 0 Å². The van der Waals surface area contributed by atoms with Gasteiger partial charge in [0.05, 0.1) is 4.90 Å². The number of aryl methyl sites for hydroxylation is 1. The summed E-state index contributed by atoms with van der Waals surface area (Å²) in [5.41, 5.74) is 0.312. The molecule has 1 N–H and O–H groups in total. The van der Waals surface area contributed by atoms with Gasteiger partial charge in [0.25, 0.3) is 16.6 Å². The summed E-state index contributed by atoms with van der Waals surface area (Å²) in [6.45, 7) is 1.72. The predicted molar refractivity (Wildman–Crippen MR) is 54.8 cm³/mol. The van der Waals surface area contributed by atoms with E-state index in [0.29, 0.717) is 5.56 Å². The Bertz CT molecular complexity index is 454. The van der Waals surface area contributed by atoms with E-state index in [4.69, 9.17) is 4.55 Å². The van der Waals surface area contributed by atoms with Gasteiger partial charge in [0.1, 0.15) is 5.75 Å². The van der Waals surface area contributed by atoms with Crippen molar-refractivity contribution >= 4 is 46.1 Å². The summed E-state index contributed by atoms with van der Waals surface area (Å²) in [7, 11) is -4.21. The number of hydrogen-bond acceptors (Lipinski definition) is 4. The molecule has 1 rings (SSSR count). The van der Waals surface area contributed by atoms with Gasteiger partial charge in [-0.25, -0.2) is 0 Å². The number of hydrogen-bond donors (Lipinski definition) is 1. The Labute approximate surface area is 109 Å². The van der Waals surface area contributed by atoms with Crippen molar-refractivity contribution in [3.8, 4) is 5.75 Å². The molecule has 0 bridgehead atoms. The summed E-state index contributed by atoms with van der Waals surface area (Å²) in [5, 5.41) is 0. The zero-order chi connectivity index (χ0) is 10.8. The third-order valence-corrected chi connectivity index (χ3v) is 2.62. The Hall–Kier alpha value is -0.400. The Kier molecular flexibility index (Phi) is 5.47. The fourth-order valence-corrected chi connectivity index (χ4v) is 1.75. The van der Waals surface area contributed by atoms with E-state index in [9.17, 15) is 13.2 Å². The van der Waals surface area contributed by atoms with E-state index in [1.165, 1.54) is 25.1 Å². The first-order chi connectivity index (χ1) is 6.45. The van der Waals surface area contributed by atoms with Crippen LogP contribution in [0.3, 0.4) is 0 Å². The Morgan fingerprint density at radius 3 is 2.40 bits per heavy atom. The first-order valence-corrected chi connectivity index (χ1v) is 5.07. The minimum absolute atomic E-state index is 0. The normalized spacial score (nSPS) is 10.3. The maximum absolute atomic E-state index is 10.8. The molecule has 78 valence electrons. The summed E-state index contributed by atoms with van der Waals surface area (Å²) >= 11 is 0. The van der Waals surface area contributed by atoms with E-state index in [2.05, 4.69) is 4.74 Å². The van der Waals surface area contributed by atoms with Gasteiger partial charge in [0.15, 0.2) is 0 Å². The van der Waals surface area contributed by atoms with Crippen LogP contribution in [0.1, 0.15) is 5.56 Å². The molecule has 0 fully saturated rings. The Morgan fingerprint density at radius 2 is 2.00 bits per heavy atom. The Balaban J connectivity index is 0.00000196. The second-order valence-corrected chi connectivity index (χ2v) is 4.01. The summed E-state index contributed by atoms with van der Waals surface area (Å²) in [6.07, 6.45) is 0.